The molecule has 0 aliphatic heterocycles. The lowest BCUT2D eigenvalue weighted by atomic mass is 10.2. The molecule has 0 bridgehead atoms. The first-order valence-electron chi connectivity index (χ1n) is 4.19. The van der Waals surface area contributed by atoms with Gasteiger partial charge in [0.15, 0.2) is 5.82 Å². The first kappa shape index (κ1) is 10.1. The fraction of sp³-hybridized carbons (Fsp3) is 0.111. The molecule has 2 N–H and O–H groups in total. The van der Waals surface area contributed by atoms with Crippen molar-refractivity contribution in [2.45, 2.75) is 6.54 Å². The van der Waals surface area contributed by atoms with Crippen molar-refractivity contribution < 1.29 is 8.91 Å². The molecule has 2 rings (SSSR count). The van der Waals surface area contributed by atoms with Gasteiger partial charge in [0.25, 0.3) is 5.89 Å². The molecule has 0 aliphatic rings. The molecule has 0 atom stereocenters. The smallest absolute Gasteiger partial charge is 0.258 e. The second-order valence-electron chi connectivity index (χ2n) is 2.85. The number of nitrogens with zero attached hydrogens (tertiary/aromatic N) is 2. The highest BCUT2D eigenvalue weighted by molar-refractivity contribution is 6.30. The predicted octanol–water partition coefficient (Wildman–Crippen LogP) is 1.99. The summed E-state index contributed by atoms with van der Waals surface area (Å²) in [7, 11) is 0. The lowest BCUT2D eigenvalue weighted by Gasteiger charge is -1.95. The SMILES string of the molecule is NCc1noc(-c2ccc(Cl)c(F)c2)n1. The highest BCUT2D eigenvalue weighted by Gasteiger charge is 2.09. The summed E-state index contributed by atoms with van der Waals surface area (Å²) in [5.41, 5.74) is 5.79. The number of halogens is 2. The molecule has 1 aromatic heterocycles. The Labute approximate surface area is 89.8 Å². The molecule has 0 aliphatic carbocycles. The van der Waals surface area contributed by atoms with E-state index in [4.69, 9.17) is 21.9 Å². The van der Waals surface area contributed by atoms with Crippen LogP contribution in [0.2, 0.25) is 5.02 Å². The van der Waals surface area contributed by atoms with Gasteiger partial charge in [0.2, 0.25) is 0 Å². The number of rotatable bonds is 2. The van der Waals surface area contributed by atoms with Crippen LogP contribution in [0.1, 0.15) is 5.82 Å². The summed E-state index contributed by atoms with van der Waals surface area (Å²) in [6.45, 7) is 0.180. The molecular weight excluding hydrogens is 221 g/mol. The quantitative estimate of drug-likeness (QED) is 0.852. The van der Waals surface area contributed by atoms with Crippen LogP contribution in [0.5, 0.6) is 0 Å². The van der Waals surface area contributed by atoms with Gasteiger partial charge >= 0.3 is 0 Å². The predicted molar refractivity (Wildman–Crippen MR) is 52.6 cm³/mol. The van der Waals surface area contributed by atoms with Gasteiger partial charge in [0, 0.05) is 5.56 Å². The van der Waals surface area contributed by atoms with Crippen molar-refractivity contribution in [2.24, 2.45) is 5.73 Å². The van der Waals surface area contributed by atoms with Crippen molar-refractivity contribution in [1.82, 2.24) is 10.1 Å². The lowest BCUT2D eigenvalue weighted by molar-refractivity contribution is 0.422. The Balaban J connectivity index is 2.40. The van der Waals surface area contributed by atoms with E-state index >= 15 is 0 Å². The second-order valence-corrected chi connectivity index (χ2v) is 3.26. The first-order valence-corrected chi connectivity index (χ1v) is 4.56. The van der Waals surface area contributed by atoms with E-state index in [9.17, 15) is 4.39 Å². The summed E-state index contributed by atoms with van der Waals surface area (Å²) < 4.78 is 18.0. The maximum atomic E-state index is 13.1. The highest BCUT2D eigenvalue weighted by atomic mass is 35.5. The Morgan fingerprint density at radius 2 is 2.27 bits per heavy atom. The van der Waals surface area contributed by atoms with Crippen LogP contribution in [0.3, 0.4) is 0 Å². The van der Waals surface area contributed by atoms with Crippen molar-refractivity contribution in [2.75, 3.05) is 0 Å². The zero-order valence-corrected chi connectivity index (χ0v) is 8.33. The van der Waals surface area contributed by atoms with Crippen LogP contribution in [-0.2, 0) is 6.54 Å². The van der Waals surface area contributed by atoms with Gasteiger partial charge in [0.05, 0.1) is 11.6 Å². The Hall–Kier alpha value is -1.46. The van der Waals surface area contributed by atoms with Crippen LogP contribution in [0.4, 0.5) is 4.39 Å². The van der Waals surface area contributed by atoms with Crippen molar-refractivity contribution in [3.63, 3.8) is 0 Å². The van der Waals surface area contributed by atoms with E-state index in [0.717, 1.165) is 0 Å². The normalized spacial score (nSPS) is 10.6. The molecule has 78 valence electrons. The van der Waals surface area contributed by atoms with E-state index in [2.05, 4.69) is 10.1 Å². The van der Waals surface area contributed by atoms with E-state index in [1.54, 1.807) is 6.07 Å². The summed E-state index contributed by atoms with van der Waals surface area (Å²) in [4.78, 5) is 3.96. The number of aromatic nitrogens is 2. The third kappa shape index (κ3) is 1.98. The molecule has 15 heavy (non-hydrogen) atoms. The minimum absolute atomic E-state index is 0.0531. The topological polar surface area (TPSA) is 64.9 Å². The Bertz CT molecular complexity index is 486. The highest BCUT2D eigenvalue weighted by Crippen LogP contribution is 2.22. The lowest BCUT2D eigenvalue weighted by Crippen LogP contribution is -1.97. The largest absolute Gasteiger partial charge is 0.334 e. The third-order valence-corrected chi connectivity index (χ3v) is 2.12. The first-order chi connectivity index (χ1) is 7.20. The zero-order valence-electron chi connectivity index (χ0n) is 7.58. The molecule has 0 spiro atoms. The summed E-state index contributed by atoms with van der Waals surface area (Å²) in [5, 5.41) is 3.65. The molecule has 0 radical (unpaired) electrons. The number of nitrogens with two attached hydrogens (primary N) is 1. The van der Waals surface area contributed by atoms with Crippen molar-refractivity contribution in [3.05, 3.63) is 34.9 Å². The second kappa shape index (κ2) is 3.96. The molecular formula is C9H7ClFN3O. The van der Waals surface area contributed by atoms with Gasteiger partial charge in [-0.3, -0.25) is 0 Å². The maximum absolute atomic E-state index is 13.1. The zero-order chi connectivity index (χ0) is 10.8. The van der Waals surface area contributed by atoms with Gasteiger partial charge in [-0.15, -0.1) is 0 Å². The number of hydrogen-bond donors (Lipinski definition) is 1. The Morgan fingerprint density at radius 1 is 1.47 bits per heavy atom. The van der Waals surface area contributed by atoms with Gasteiger partial charge in [0.1, 0.15) is 5.82 Å². The van der Waals surface area contributed by atoms with Crippen LogP contribution in [0, 0.1) is 5.82 Å². The molecule has 0 fully saturated rings. The Kier molecular flexibility index (Phi) is 2.66. The number of benzene rings is 1. The molecule has 4 nitrogen and oxygen atoms in total. The number of hydrogen-bond acceptors (Lipinski definition) is 4. The molecule has 0 saturated heterocycles. The molecule has 1 heterocycles. The summed E-state index contributed by atoms with van der Waals surface area (Å²) in [6, 6.07) is 4.26. The van der Waals surface area contributed by atoms with E-state index in [1.807, 2.05) is 0 Å². The molecule has 2 aromatic rings. The van der Waals surface area contributed by atoms with Crippen LogP contribution >= 0.6 is 11.6 Å². The average Bonchev–Trinajstić information content (AvgIpc) is 2.70. The van der Waals surface area contributed by atoms with Crippen LogP contribution in [0.15, 0.2) is 22.7 Å². The standard InChI is InChI=1S/C9H7ClFN3O/c10-6-2-1-5(3-7(6)11)9-13-8(4-12)14-15-9/h1-3H,4,12H2. The summed E-state index contributed by atoms with van der Waals surface area (Å²) in [5.74, 6) is 0.0769. The Morgan fingerprint density at radius 3 is 2.87 bits per heavy atom. The van der Waals surface area contributed by atoms with Crippen LogP contribution < -0.4 is 5.73 Å². The minimum Gasteiger partial charge on any atom is -0.334 e. The molecule has 1 aromatic carbocycles. The van der Waals surface area contributed by atoms with Gasteiger partial charge < -0.3 is 10.3 Å². The fourth-order valence-corrected chi connectivity index (χ4v) is 1.20. The van der Waals surface area contributed by atoms with E-state index < -0.39 is 5.82 Å². The van der Waals surface area contributed by atoms with Gasteiger partial charge in [-0.25, -0.2) is 4.39 Å². The van der Waals surface area contributed by atoms with Gasteiger partial charge in [-0.1, -0.05) is 16.8 Å². The van der Waals surface area contributed by atoms with Gasteiger partial charge in [-0.05, 0) is 18.2 Å². The summed E-state index contributed by atoms with van der Waals surface area (Å²) >= 11 is 5.54. The van der Waals surface area contributed by atoms with Crippen LogP contribution in [0.25, 0.3) is 11.5 Å². The fourth-order valence-electron chi connectivity index (χ4n) is 1.08. The minimum atomic E-state index is -0.526. The molecule has 0 saturated carbocycles. The van der Waals surface area contributed by atoms with Crippen molar-refractivity contribution in [3.8, 4) is 11.5 Å². The molecule has 6 heteroatoms. The summed E-state index contributed by atoms with van der Waals surface area (Å²) in [6.07, 6.45) is 0. The van der Waals surface area contributed by atoms with Gasteiger partial charge in [-0.2, -0.15) is 4.98 Å². The molecule has 0 amide bonds. The third-order valence-electron chi connectivity index (χ3n) is 1.82. The monoisotopic (exact) mass is 227 g/mol. The van der Waals surface area contributed by atoms with E-state index in [0.29, 0.717) is 11.4 Å². The van der Waals surface area contributed by atoms with Crippen molar-refractivity contribution in [1.29, 1.82) is 0 Å². The van der Waals surface area contributed by atoms with Crippen LogP contribution in [-0.4, -0.2) is 10.1 Å². The van der Waals surface area contributed by atoms with Crippen molar-refractivity contribution >= 4 is 11.6 Å². The maximum Gasteiger partial charge on any atom is 0.258 e. The van der Waals surface area contributed by atoms with E-state index in [1.165, 1.54) is 12.1 Å². The van der Waals surface area contributed by atoms with E-state index in [-0.39, 0.29) is 17.5 Å². The average molecular weight is 228 g/mol. The molecule has 0 unspecified atom stereocenters.